The maximum Gasteiger partial charge on any atom is 0.301 e. The SMILES string of the molecule is COc1cccc([C@@H]2C(=C(O)c3ccc(F)cc3)C(=O)C(=O)N2c2nc3ccc(C)cc3s2)c1. The Kier molecular flexibility index (Phi) is 5.37. The molecule has 6 nitrogen and oxygen atoms in total. The Morgan fingerprint density at radius 1 is 1.09 bits per heavy atom. The van der Waals surface area contributed by atoms with Crippen molar-refractivity contribution in [3.8, 4) is 5.75 Å². The van der Waals surface area contributed by atoms with Crippen molar-refractivity contribution in [2.24, 2.45) is 0 Å². The number of aryl methyl sites for hydroxylation is 1. The number of ether oxygens (including phenoxy) is 1. The summed E-state index contributed by atoms with van der Waals surface area (Å²) in [6.07, 6.45) is 0. The number of hydrogen-bond acceptors (Lipinski definition) is 6. The fourth-order valence-corrected chi connectivity index (χ4v) is 5.13. The van der Waals surface area contributed by atoms with Crippen molar-refractivity contribution in [1.82, 2.24) is 4.98 Å². The zero-order valence-corrected chi connectivity index (χ0v) is 19.1. The molecule has 5 rings (SSSR count). The number of fused-ring (bicyclic) bond motifs is 1. The molecule has 1 aliphatic heterocycles. The van der Waals surface area contributed by atoms with Crippen LogP contribution < -0.4 is 9.64 Å². The molecule has 0 saturated carbocycles. The number of carbonyl (C=O) groups is 2. The Balaban J connectivity index is 1.74. The van der Waals surface area contributed by atoms with Gasteiger partial charge >= 0.3 is 5.91 Å². The Morgan fingerprint density at radius 3 is 2.59 bits per heavy atom. The summed E-state index contributed by atoms with van der Waals surface area (Å²) in [7, 11) is 1.52. The zero-order valence-electron chi connectivity index (χ0n) is 18.3. The lowest BCUT2D eigenvalue weighted by molar-refractivity contribution is -0.132. The highest BCUT2D eigenvalue weighted by atomic mass is 32.1. The monoisotopic (exact) mass is 474 g/mol. The van der Waals surface area contributed by atoms with E-state index in [2.05, 4.69) is 4.98 Å². The van der Waals surface area contributed by atoms with Gasteiger partial charge in [-0.3, -0.25) is 14.5 Å². The summed E-state index contributed by atoms with van der Waals surface area (Å²) in [6.45, 7) is 1.96. The largest absolute Gasteiger partial charge is 0.507 e. The molecule has 2 heterocycles. The molecule has 0 aliphatic carbocycles. The molecule has 1 aromatic heterocycles. The first kappa shape index (κ1) is 21.8. The minimum Gasteiger partial charge on any atom is -0.507 e. The number of aliphatic hydroxyl groups excluding tert-OH is 1. The molecule has 8 heteroatoms. The average Bonchev–Trinajstić information content (AvgIpc) is 3.37. The van der Waals surface area contributed by atoms with Crippen molar-refractivity contribution < 1.29 is 23.8 Å². The van der Waals surface area contributed by atoms with Crippen LogP contribution in [0, 0.1) is 12.7 Å². The molecule has 1 amide bonds. The summed E-state index contributed by atoms with van der Waals surface area (Å²) in [5.74, 6) is -1.97. The van der Waals surface area contributed by atoms with Crippen LogP contribution >= 0.6 is 11.3 Å². The molecule has 1 atom stereocenters. The normalized spacial score (nSPS) is 17.5. The Bertz CT molecular complexity index is 1480. The second-order valence-electron chi connectivity index (χ2n) is 7.92. The number of amides is 1. The van der Waals surface area contributed by atoms with E-state index in [9.17, 15) is 19.1 Å². The molecule has 0 bridgehead atoms. The van der Waals surface area contributed by atoms with Gasteiger partial charge in [-0.1, -0.05) is 29.5 Å². The van der Waals surface area contributed by atoms with Crippen LogP contribution in [0.25, 0.3) is 16.0 Å². The highest BCUT2D eigenvalue weighted by molar-refractivity contribution is 7.22. The van der Waals surface area contributed by atoms with E-state index in [0.717, 1.165) is 10.3 Å². The maximum absolute atomic E-state index is 13.5. The molecular weight excluding hydrogens is 455 g/mol. The third-order valence-corrected chi connectivity index (χ3v) is 6.73. The van der Waals surface area contributed by atoms with E-state index in [1.165, 1.54) is 47.6 Å². The third-order valence-electron chi connectivity index (χ3n) is 5.71. The lowest BCUT2D eigenvalue weighted by Crippen LogP contribution is -2.29. The molecule has 3 aromatic carbocycles. The average molecular weight is 475 g/mol. The predicted octanol–water partition coefficient (Wildman–Crippen LogP) is 5.38. The summed E-state index contributed by atoms with van der Waals surface area (Å²) in [6, 6.07) is 16.8. The first-order chi connectivity index (χ1) is 16.4. The van der Waals surface area contributed by atoms with E-state index < -0.39 is 23.5 Å². The molecule has 0 unspecified atom stereocenters. The van der Waals surface area contributed by atoms with Gasteiger partial charge in [-0.2, -0.15) is 0 Å². The highest BCUT2D eigenvalue weighted by Crippen LogP contribution is 2.44. The first-order valence-corrected chi connectivity index (χ1v) is 11.3. The van der Waals surface area contributed by atoms with Gasteiger partial charge in [0.15, 0.2) is 5.13 Å². The quantitative estimate of drug-likeness (QED) is 0.244. The van der Waals surface area contributed by atoms with E-state index in [4.69, 9.17) is 4.74 Å². The summed E-state index contributed by atoms with van der Waals surface area (Å²) >= 11 is 1.29. The molecule has 1 fully saturated rings. The predicted molar refractivity (Wildman–Crippen MR) is 129 cm³/mol. The lowest BCUT2D eigenvalue weighted by Gasteiger charge is -2.23. The number of carbonyl (C=O) groups excluding carboxylic acids is 2. The fourth-order valence-electron chi connectivity index (χ4n) is 4.04. The lowest BCUT2D eigenvalue weighted by atomic mass is 9.95. The number of hydrogen-bond donors (Lipinski definition) is 1. The van der Waals surface area contributed by atoms with Crippen LogP contribution in [0.5, 0.6) is 5.75 Å². The van der Waals surface area contributed by atoms with Gasteiger partial charge in [0.2, 0.25) is 0 Å². The van der Waals surface area contributed by atoms with Gasteiger partial charge in [0, 0.05) is 5.56 Å². The van der Waals surface area contributed by atoms with Crippen LogP contribution in [0.4, 0.5) is 9.52 Å². The summed E-state index contributed by atoms with van der Waals surface area (Å²) in [5.41, 5.74) is 2.45. The molecule has 170 valence electrons. The Labute approximate surface area is 198 Å². The van der Waals surface area contributed by atoms with Gasteiger partial charge in [-0.25, -0.2) is 9.37 Å². The standard InChI is InChI=1S/C26H19FN2O4S/c1-14-6-11-19-20(12-14)34-26(28-19)29-22(16-4-3-5-18(13-16)33-2)21(24(31)25(29)32)23(30)15-7-9-17(27)10-8-15/h3-13,22,30H,1-2H3/t22-/m1/s1. The molecule has 34 heavy (non-hydrogen) atoms. The molecule has 1 N–H and O–H groups in total. The topological polar surface area (TPSA) is 79.7 Å². The molecule has 1 saturated heterocycles. The van der Waals surface area contributed by atoms with Crippen molar-refractivity contribution >= 4 is 44.1 Å². The Morgan fingerprint density at radius 2 is 1.85 bits per heavy atom. The van der Waals surface area contributed by atoms with Gasteiger partial charge in [0.25, 0.3) is 5.78 Å². The van der Waals surface area contributed by atoms with Crippen LogP contribution in [0.1, 0.15) is 22.7 Å². The van der Waals surface area contributed by atoms with Gasteiger partial charge in [0.05, 0.1) is 28.9 Å². The van der Waals surface area contributed by atoms with Crippen molar-refractivity contribution in [2.45, 2.75) is 13.0 Å². The minimum atomic E-state index is -0.943. The first-order valence-electron chi connectivity index (χ1n) is 10.5. The number of Topliss-reactive ketones (excluding diaryl/α,β-unsaturated/α-hetero) is 1. The summed E-state index contributed by atoms with van der Waals surface area (Å²) in [5, 5.41) is 11.4. The number of aromatic nitrogens is 1. The second kappa shape index (κ2) is 8.39. The van der Waals surface area contributed by atoms with Gasteiger partial charge in [0.1, 0.15) is 17.3 Å². The number of nitrogens with zero attached hydrogens (tertiary/aromatic N) is 2. The van der Waals surface area contributed by atoms with E-state index in [-0.39, 0.29) is 16.9 Å². The van der Waals surface area contributed by atoms with E-state index in [1.54, 1.807) is 24.3 Å². The van der Waals surface area contributed by atoms with E-state index in [1.807, 2.05) is 25.1 Å². The number of anilines is 1. The van der Waals surface area contributed by atoms with Gasteiger partial charge in [-0.05, 0) is 66.6 Å². The summed E-state index contributed by atoms with van der Waals surface area (Å²) < 4.78 is 19.7. The molecule has 0 radical (unpaired) electrons. The number of ketones is 1. The van der Waals surface area contributed by atoms with E-state index in [0.29, 0.717) is 22.0 Å². The fraction of sp³-hybridized carbons (Fsp3) is 0.115. The van der Waals surface area contributed by atoms with Crippen molar-refractivity contribution in [1.29, 1.82) is 0 Å². The second-order valence-corrected chi connectivity index (χ2v) is 8.93. The minimum absolute atomic E-state index is 0.0969. The number of rotatable bonds is 4. The van der Waals surface area contributed by atoms with Crippen LogP contribution in [-0.2, 0) is 9.59 Å². The zero-order chi connectivity index (χ0) is 24.0. The number of benzene rings is 3. The number of aliphatic hydroxyl groups is 1. The van der Waals surface area contributed by atoms with Gasteiger partial charge in [-0.15, -0.1) is 0 Å². The van der Waals surface area contributed by atoms with Crippen molar-refractivity contribution in [3.05, 3.63) is 94.8 Å². The number of thiazole rings is 1. The van der Waals surface area contributed by atoms with E-state index >= 15 is 0 Å². The van der Waals surface area contributed by atoms with Crippen LogP contribution in [0.3, 0.4) is 0 Å². The van der Waals surface area contributed by atoms with Crippen LogP contribution in [0.15, 0.2) is 72.3 Å². The van der Waals surface area contributed by atoms with Crippen molar-refractivity contribution in [2.75, 3.05) is 12.0 Å². The van der Waals surface area contributed by atoms with Crippen LogP contribution in [0.2, 0.25) is 0 Å². The molecule has 0 spiro atoms. The number of halogens is 1. The van der Waals surface area contributed by atoms with Crippen LogP contribution in [-0.4, -0.2) is 28.9 Å². The molecule has 1 aliphatic rings. The molecule has 4 aromatic rings. The third kappa shape index (κ3) is 3.62. The highest BCUT2D eigenvalue weighted by Gasteiger charge is 2.48. The maximum atomic E-state index is 13.5. The molecular formula is C26H19FN2O4S. The number of methoxy groups -OCH3 is 1. The van der Waals surface area contributed by atoms with Gasteiger partial charge < -0.3 is 9.84 Å². The summed E-state index contributed by atoms with van der Waals surface area (Å²) in [4.78, 5) is 32.5. The smallest absolute Gasteiger partial charge is 0.301 e. The Hall–Kier alpha value is -4.04. The van der Waals surface area contributed by atoms with Crippen molar-refractivity contribution in [3.63, 3.8) is 0 Å².